The van der Waals surface area contributed by atoms with Crippen molar-refractivity contribution in [3.05, 3.63) is 58.7 Å². The molecule has 14 nitrogen and oxygen atoms in total. The van der Waals surface area contributed by atoms with E-state index in [1.54, 1.807) is 41.5 Å². The maximum atomic E-state index is 11.0. The molecule has 0 amide bonds. The number of alkyl halides is 4. The predicted octanol–water partition coefficient (Wildman–Crippen LogP) is 7.56. The van der Waals surface area contributed by atoms with E-state index in [4.69, 9.17) is 71.8 Å². The summed E-state index contributed by atoms with van der Waals surface area (Å²) in [6.45, 7) is 16.8. The highest BCUT2D eigenvalue weighted by molar-refractivity contribution is 6.64. The lowest BCUT2D eigenvalue weighted by Gasteiger charge is -2.25. The van der Waals surface area contributed by atoms with Gasteiger partial charge < -0.3 is 50.0 Å². The van der Waals surface area contributed by atoms with Crippen LogP contribution < -0.4 is 20.8 Å². The topological polar surface area (TPSA) is 198 Å². The number of carboxylic acid groups (broad SMARTS) is 2. The van der Waals surface area contributed by atoms with Gasteiger partial charge in [-0.1, -0.05) is 12.1 Å². The van der Waals surface area contributed by atoms with Crippen molar-refractivity contribution in [2.75, 3.05) is 59.5 Å². The van der Waals surface area contributed by atoms with Gasteiger partial charge in [0.05, 0.1) is 19.0 Å². The number of carbonyl (C=O) groups excluding carboxylic acids is 3. The minimum Gasteiger partial charge on any atom is -0.481 e. The summed E-state index contributed by atoms with van der Waals surface area (Å²) in [6.07, 6.45) is -0.556. The molecule has 0 aliphatic carbocycles. The Kier molecular flexibility index (Phi) is 28.0. The second-order valence-corrected chi connectivity index (χ2v) is 17.0. The summed E-state index contributed by atoms with van der Waals surface area (Å²) in [7, 11) is 1.24. The third-order valence-electron chi connectivity index (χ3n) is 7.97. The van der Waals surface area contributed by atoms with Crippen molar-refractivity contribution in [2.24, 2.45) is 5.73 Å². The number of carboxylic acids is 2. The molecule has 2 rings (SSSR count). The molecular weight excluding hydrogens is 861 g/mol. The van der Waals surface area contributed by atoms with Crippen LogP contribution in [0.4, 0.5) is 21.0 Å². The normalized spacial score (nSPS) is 11.9. The maximum Gasteiger partial charge on any atom is 0.519 e. The number of hydrogen-bond acceptors (Lipinski definition) is 12. The molecule has 0 spiro atoms. The second kappa shape index (κ2) is 29.7. The van der Waals surface area contributed by atoms with Crippen molar-refractivity contribution in [3.63, 3.8) is 0 Å². The van der Waals surface area contributed by atoms with Gasteiger partial charge in [0.25, 0.3) is 7.41 Å². The van der Waals surface area contributed by atoms with Crippen molar-refractivity contribution in [1.82, 2.24) is 5.23 Å². The van der Waals surface area contributed by atoms with E-state index < -0.39 is 35.5 Å². The van der Waals surface area contributed by atoms with Crippen molar-refractivity contribution in [1.29, 1.82) is 0 Å². The van der Waals surface area contributed by atoms with E-state index in [9.17, 15) is 24.0 Å². The predicted molar refractivity (Wildman–Crippen MR) is 243 cm³/mol. The molecule has 0 fully saturated rings. The maximum absolute atomic E-state index is 11.0. The fraction of sp³-hybridized carbons (Fsp3) is 0.585. The van der Waals surface area contributed by atoms with E-state index >= 15 is 0 Å². The van der Waals surface area contributed by atoms with Crippen LogP contribution >= 0.6 is 46.4 Å². The first-order valence-electron chi connectivity index (χ1n) is 19.3. The molecule has 0 bridgehead atoms. The number of hydrogen-bond donors (Lipinski definition) is 4. The van der Waals surface area contributed by atoms with Crippen LogP contribution in [-0.4, -0.2) is 121 Å². The molecule has 1 radical (unpaired) electrons. The van der Waals surface area contributed by atoms with Crippen molar-refractivity contribution < 1.29 is 48.4 Å². The molecule has 5 N–H and O–H groups in total. The van der Waals surface area contributed by atoms with Crippen LogP contribution in [-0.2, 0) is 41.4 Å². The van der Waals surface area contributed by atoms with E-state index in [0.29, 0.717) is 55.6 Å². The summed E-state index contributed by atoms with van der Waals surface area (Å²) >= 11 is 23.4. The zero-order valence-electron chi connectivity index (χ0n) is 35.9. The lowest BCUT2D eigenvalue weighted by Crippen LogP contribution is -2.37. The first kappa shape index (κ1) is 56.5. The lowest BCUT2D eigenvalue weighted by atomic mass is 9.91. The number of aliphatic carboxylic acids is 2. The van der Waals surface area contributed by atoms with Crippen LogP contribution in [0.2, 0.25) is 0 Å². The molecule has 337 valence electrons. The van der Waals surface area contributed by atoms with Gasteiger partial charge in [-0.25, -0.2) is 9.59 Å². The molecule has 2 aromatic carbocycles. The average Bonchev–Trinajstić information content (AvgIpc) is 3.10. The average molecular weight is 924 g/mol. The van der Waals surface area contributed by atoms with Crippen LogP contribution in [0.15, 0.2) is 36.4 Å². The zero-order chi connectivity index (χ0) is 46.1. The van der Waals surface area contributed by atoms with Gasteiger partial charge in [-0.3, -0.25) is 9.59 Å². The van der Waals surface area contributed by atoms with E-state index in [-0.39, 0.29) is 24.9 Å². The summed E-state index contributed by atoms with van der Waals surface area (Å²) < 4.78 is 13.8. The monoisotopic (exact) mass is 921 g/mol. The van der Waals surface area contributed by atoms with Gasteiger partial charge in [0.1, 0.15) is 11.2 Å². The minimum atomic E-state index is -1.06. The van der Waals surface area contributed by atoms with Crippen molar-refractivity contribution >= 4 is 95.6 Å². The quantitative estimate of drug-likeness (QED) is 0.0315. The number of benzene rings is 2. The number of nitrogens with one attached hydrogen (secondary N) is 1. The van der Waals surface area contributed by atoms with E-state index in [1.165, 1.54) is 7.41 Å². The lowest BCUT2D eigenvalue weighted by molar-refractivity contribution is -0.138. The molecule has 0 saturated heterocycles. The number of halogens is 4. The summed E-state index contributed by atoms with van der Waals surface area (Å²) in [6, 6.07) is 11.4. The molecule has 19 heteroatoms. The molecule has 60 heavy (non-hydrogen) atoms. The Bertz CT molecular complexity index is 1590. The van der Waals surface area contributed by atoms with Crippen LogP contribution in [0.25, 0.3) is 0 Å². The van der Waals surface area contributed by atoms with E-state index in [2.05, 4.69) is 25.8 Å². The van der Waals surface area contributed by atoms with E-state index in [1.807, 2.05) is 44.2 Å². The molecule has 2 aromatic rings. The number of carbonyl (C=O) groups is 5. The minimum absolute atomic E-state index is 0.0310. The van der Waals surface area contributed by atoms with E-state index in [0.717, 1.165) is 46.7 Å². The summed E-state index contributed by atoms with van der Waals surface area (Å²) in [4.78, 5) is 58.5. The Labute approximate surface area is 375 Å². The van der Waals surface area contributed by atoms with Gasteiger partial charge >= 0.3 is 24.2 Å². The fourth-order valence-corrected chi connectivity index (χ4v) is 6.14. The van der Waals surface area contributed by atoms with Gasteiger partial charge in [0.2, 0.25) is 0 Å². The van der Waals surface area contributed by atoms with Gasteiger partial charge in [0.15, 0.2) is 0 Å². The molecule has 0 saturated carbocycles. The molecule has 0 aliphatic heterocycles. The highest BCUT2D eigenvalue weighted by atomic mass is 35.5. The Hall–Kier alpha value is -3.47. The van der Waals surface area contributed by atoms with Gasteiger partial charge in [0, 0.05) is 73.2 Å². The first-order chi connectivity index (χ1) is 28.0. The summed E-state index contributed by atoms with van der Waals surface area (Å²) in [5.41, 5.74) is 10.8. The molecule has 0 unspecified atom stereocenters. The van der Waals surface area contributed by atoms with Crippen LogP contribution in [0.5, 0.6) is 0 Å². The van der Waals surface area contributed by atoms with Crippen molar-refractivity contribution in [3.8, 4) is 0 Å². The standard InChI is InChI=1S/C16H22BCl2N2O3.C15H22Cl2N2O2.C10H18O5/c1-12-2-3-15(21(6-4-18)7-5-19)9-13(12)8-14(10-16(23)24)20-17-11-22;1-11-2-3-14(19(6-4-16)7-5-17)9-12(11)8-13(18)10-15(20)21;1-9(2,3)14-7(11)13-8(12)15-10(4,5)6/h2-3,9,11,14,20H,4-8,10H2,1H3,(H,23,24);2-3,9,13H,4-8,10,18H2,1H3,(H,20,21);1-6H3/t14-;13-;/m00./s1. The molecule has 0 heterocycles. The SMILES string of the molecule is CC(C)(C)OC(=O)OC(=O)OC(C)(C)C.Cc1ccc(N(CCCl)CCCl)cc1C[C@@H](CC(=O)O)N[B]C=O.Cc1ccc(N(CCCl)CCCl)cc1C[C@H](N)CC(=O)O. The largest absolute Gasteiger partial charge is 0.519 e. The smallest absolute Gasteiger partial charge is 0.481 e. The van der Waals surface area contributed by atoms with Crippen LogP contribution in [0.3, 0.4) is 0 Å². The highest BCUT2D eigenvalue weighted by Crippen LogP contribution is 2.23. The van der Waals surface area contributed by atoms with Gasteiger partial charge in [-0.05, 0) is 115 Å². The van der Waals surface area contributed by atoms with Gasteiger partial charge in [-0.15, -0.1) is 46.4 Å². The number of ether oxygens (including phenoxy) is 3. The number of aryl methyl sites for hydroxylation is 2. The zero-order valence-corrected chi connectivity index (χ0v) is 38.9. The summed E-state index contributed by atoms with van der Waals surface area (Å²) in [5.74, 6) is 0.264. The number of anilines is 2. The molecule has 0 aromatic heterocycles. The Balaban J connectivity index is 0.000000895. The first-order valence-corrected chi connectivity index (χ1v) is 21.4. The van der Waals surface area contributed by atoms with Gasteiger partial charge in [-0.2, -0.15) is 0 Å². The third-order valence-corrected chi connectivity index (χ3v) is 8.64. The second-order valence-electron chi connectivity index (χ2n) is 15.5. The number of nitrogens with two attached hydrogens (primary N) is 1. The fourth-order valence-electron chi connectivity index (χ4n) is 5.33. The third kappa shape index (κ3) is 26.7. The highest BCUT2D eigenvalue weighted by Gasteiger charge is 2.24. The van der Waals surface area contributed by atoms with Crippen molar-refractivity contribution in [2.45, 2.75) is 104 Å². The van der Waals surface area contributed by atoms with Crippen LogP contribution in [0, 0.1) is 13.8 Å². The number of rotatable bonds is 21. The molecular formula is C41H62BCl4N4O10. The molecule has 0 aliphatic rings. The number of nitrogens with zero attached hydrogens (tertiary/aromatic N) is 2. The molecule has 2 atom stereocenters. The van der Waals surface area contributed by atoms with Crippen LogP contribution in [0.1, 0.15) is 76.6 Å². The Morgan fingerprint density at radius 1 is 0.717 bits per heavy atom. The Morgan fingerprint density at radius 2 is 1.10 bits per heavy atom. The summed E-state index contributed by atoms with van der Waals surface area (Å²) in [5, 5.41) is 20.7. The Morgan fingerprint density at radius 3 is 1.43 bits per heavy atom.